The smallest absolute Gasteiger partial charge is 0.253 e. The number of hydrogen-bond donors (Lipinski definition) is 1. The Hall–Kier alpha value is -1.74. The van der Waals surface area contributed by atoms with Gasteiger partial charge >= 0.3 is 0 Å². The third kappa shape index (κ3) is 4.46. The Morgan fingerprint density at radius 1 is 1.08 bits per heavy atom. The van der Waals surface area contributed by atoms with Gasteiger partial charge in [0.2, 0.25) is 5.13 Å². The number of anilines is 1. The number of nitrogens with zero attached hydrogens (tertiary/aromatic N) is 2. The van der Waals surface area contributed by atoms with Gasteiger partial charge in [0.15, 0.2) is 0 Å². The Balaban J connectivity index is 1.77. The van der Waals surface area contributed by atoms with Gasteiger partial charge in [0, 0.05) is 11.4 Å². The van der Waals surface area contributed by atoms with E-state index in [0.29, 0.717) is 16.5 Å². The van der Waals surface area contributed by atoms with Crippen molar-refractivity contribution < 1.29 is 12.8 Å². The van der Waals surface area contributed by atoms with Gasteiger partial charge in [0.05, 0.1) is 5.02 Å². The molecule has 0 atom stereocenters. The lowest BCUT2D eigenvalue weighted by molar-refractivity contribution is 0.601. The summed E-state index contributed by atoms with van der Waals surface area (Å²) in [5.74, 6) is -0.325. The molecule has 0 saturated carbocycles. The summed E-state index contributed by atoms with van der Waals surface area (Å²) in [7, 11) is -3.91. The van der Waals surface area contributed by atoms with Crippen molar-refractivity contribution in [2.75, 3.05) is 4.72 Å². The quantitative estimate of drug-likeness (QED) is 0.668. The molecule has 0 fully saturated rings. The van der Waals surface area contributed by atoms with Crippen molar-refractivity contribution in [3.63, 3.8) is 0 Å². The van der Waals surface area contributed by atoms with Gasteiger partial charge in [0.25, 0.3) is 10.0 Å². The van der Waals surface area contributed by atoms with Crippen LogP contribution < -0.4 is 4.72 Å². The van der Waals surface area contributed by atoms with Gasteiger partial charge in [-0.2, -0.15) is 0 Å². The third-order valence-corrected chi connectivity index (χ3v) is 6.17. The Morgan fingerprint density at radius 3 is 2.48 bits per heavy atom. The van der Waals surface area contributed by atoms with E-state index in [-0.39, 0.29) is 20.9 Å². The van der Waals surface area contributed by atoms with Crippen molar-refractivity contribution in [2.24, 2.45) is 0 Å². The molecule has 0 aliphatic rings. The van der Waals surface area contributed by atoms with Gasteiger partial charge in [-0.3, -0.25) is 4.72 Å². The van der Waals surface area contributed by atoms with Crippen LogP contribution in [-0.4, -0.2) is 18.6 Å². The highest BCUT2D eigenvalue weighted by Gasteiger charge is 2.20. The number of rotatable bonds is 5. The van der Waals surface area contributed by atoms with E-state index in [2.05, 4.69) is 14.9 Å². The molecule has 0 bridgehead atoms. The number of hydrogen-bond acceptors (Lipinski definition) is 5. The molecule has 0 unspecified atom stereocenters. The Kier molecular flexibility index (Phi) is 5.24. The molecule has 0 radical (unpaired) electrons. The molecule has 25 heavy (non-hydrogen) atoms. The van der Waals surface area contributed by atoms with E-state index < -0.39 is 10.0 Å². The molecule has 10 heteroatoms. The highest BCUT2D eigenvalue weighted by molar-refractivity contribution is 7.93. The Labute approximate surface area is 157 Å². The van der Waals surface area contributed by atoms with Crippen molar-refractivity contribution in [3.8, 4) is 0 Å². The molecular weight excluding hydrogens is 408 g/mol. The van der Waals surface area contributed by atoms with E-state index in [4.69, 9.17) is 23.2 Å². The molecule has 1 heterocycles. The number of sulfonamides is 1. The molecule has 5 nitrogen and oxygen atoms in total. The minimum atomic E-state index is -3.91. The average molecular weight is 418 g/mol. The zero-order chi connectivity index (χ0) is 18.0. The molecule has 0 aliphatic heterocycles. The topological polar surface area (TPSA) is 72.0 Å². The minimum absolute atomic E-state index is 0.0102. The Morgan fingerprint density at radius 2 is 1.80 bits per heavy atom. The first kappa shape index (κ1) is 18.1. The largest absolute Gasteiger partial charge is 0.265 e. The van der Waals surface area contributed by atoms with E-state index in [0.717, 1.165) is 16.9 Å². The molecule has 0 saturated heterocycles. The van der Waals surface area contributed by atoms with Gasteiger partial charge in [-0.15, -0.1) is 10.2 Å². The van der Waals surface area contributed by atoms with Gasteiger partial charge in [-0.1, -0.05) is 46.7 Å². The summed E-state index contributed by atoms with van der Waals surface area (Å²) in [6.07, 6.45) is 0.418. The van der Waals surface area contributed by atoms with Crippen LogP contribution >= 0.6 is 34.5 Å². The summed E-state index contributed by atoms with van der Waals surface area (Å²) >= 11 is 12.8. The van der Waals surface area contributed by atoms with Crippen LogP contribution in [0.4, 0.5) is 9.52 Å². The zero-order valence-corrected chi connectivity index (χ0v) is 15.6. The van der Waals surface area contributed by atoms with Crippen LogP contribution in [0.3, 0.4) is 0 Å². The van der Waals surface area contributed by atoms with Crippen LogP contribution in [0, 0.1) is 5.82 Å². The lowest BCUT2D eigenvalue weighted by atomic mass is 10.2. The second-order valence-corrected chi connectivity index (χ2v) is 8.54. The maximum Gasteiger partial charge on any atom is 0.265 e. The predicted molar refractivity (Wildman–Crippen MR) is 96.4 cm³/mol. The van der Waals surface area contributed by atoms with Crippen molar-refractivity contribution in [3.05, 3.63) is 68.9 Å². The number of benzene rings is 2. The van der Waals surface area contributed by atoms with E-state index in [1.165, 1.54) is 30.3 Å². The number of aromatic nitrogens is 2. The first-order valence-corrected chi connectivity index (χ1v) is 9.94. The van der Waals surface area contributed by atoms with Crippen molar-refractivity contribution in [1.82, 2.24) is 10.2 Å². The van der Waals surface area contributed by atoms with Gasteiger partial charge in [-0.25, -0.2) is 12.8 Å². The second-order valence-electron chi connectivity index (χ2n) is 4.98. The predicted octanol–water partition coefficient (Wildman–Crippen LogP) is 4.38. The van der Waals surface area contributed by atoms with Crippen LogP contribution in [0.1, 0.15) is 10.6 Å². The fourth-order valence-corrected chi connectivity index (χ4v) is 4.78. The summed E-state index contributed by atoms with van der Waals surface area (Å²) in [6.45, 7) is 0. The lowest BCUT2D eigenvalue weighted by Gasteiger charge is -2.06. The molecule has 3 aromatic rings. The van der Waals surface area contributed by atoms with Gasteiger partial charge in [-0.05, 0) is 35.9 Å². The number of halogens is 3. The lowest BCUT2D eigenvalue weighted by Crippen LogP contribution is -2.13. The molecule has 130 valence electrons. The first-order chi connectivity index (χ1) is 11.8. The van der Waals surface area contributed by atoms with E-state index >= 15 is 0 Å². The standard InChI is InChI=1S/C15H10Cl2FN3O2S2/c16-10-3-6-13(12(17)8-10)25(22,23)21-15-20-19-14(24-15)7-9-1-4-11(18)5-2-9/h1-6,8H,7H2,(H,20,21). The first-order valence-electron chi connectivity index (χ1n) is 6.88. The highest BCUT2D eigenvalue weighted by atomic mass is 35.5. The van der Waals surface area contributed by atoms with Crippen molar-refractivity contribution in [1.29, 1.82) is 0 Å². The summed E-state index contributed by atoms with van der Waals surface area (Å²) in [5, 5.41) is 8.81. The van der Waals surface area contributed by atoms with Crippen molar-refractivity contribution >= 4 is 49.7 Å². The fraction of sp³-hybridized carbons (Fsp3) is 0.0667. The zero-order valence-electron chi connectivity index (χ0n) is 12.4. The third-order valence-electron chi connectivity index (χ3n) is 3.14. The highest BCUT2D eigenvalue weighted by Crippen LogP contribution is 2.28. The van der Waals surface area contributed by atoms with E-state index in [1.807, 2.05) is 0 Å². The van der Waals surface area contributed by atoms with Crippen LogP contribution in [0.5, 0.6) is 0 Å². The second kappa shape index (κ2) is 7.25. The minimum Gasteiger partial charge on any atom is -0.253 e. The molecule has 3 rings (SSSR count). The molecule has 1 aromatic heterocycles. The van der Waals surface area contributed by atoms with Crippen molar-refractivity contribution in [2.45, 2.75) is 11.3 Å². The monoisotopic (exact) mass is 417 g/mol. The van der Waals surface area contributed by atoms with Gasteiger partial charge < -0.3 is 0 Å². The molecular formula is C15H10Cl2FN3O2S2. The van der Waals surface area contributed by atoms with Crippen LogP contribution in [0.2, 0.25) is 10.0 Å². The number of nitrogens with one attached hydrogen (secondary N) is 1. The molecule has 0 aliphatic carbocycles. The van der Waals surface area contributed by atoms with Crippen LogP contribution in [-0.2, 0) is 16.4 Å². The summed E-state index contributed by atoms with van der Waals surface area (Å²) in [6, 6.07) is 10.1. The molecule has 0 amide bonds. The summed E-state index contributed by atoms with van der Waals surface area (Å²) in [4.78, 5) is -0.103. The van der Waals surface area contributed by atoms with Gasteiger partial charge in [0.1, 0.15) is 15.7 Å². The van der Waals surface area contributed by atoms with E-state index in [1.54, 1.807) is 12.1 Å². The average Bonchev–Trinajstić information content (AvgIpc) is 2.95. The molecule has 0 spiro atoms. The fourth-order valence-electron chi connectivity index (χ4n) is 2.01. The Bertz CT molecular complexity index is 1010. The normalized spacial score (nSPS) is 11.5. The van der Waals surface area contributed by atoms with E-state index in [9.17, 15) is 12.8 Å². The van der Waals surface area contributed by atoms with Crippen LogP contribution in [0.25, 0.3) is 0 Å². The summed E-state index contributed by atoms with van der Waals surface area (Å²) in [5.41, 5.74) is 0.840. The molecule has 1 N–H and O–H groups in total. The maximum atomic E-state index is 12.9. The summed E-state index contributed by atoms with van der Waals surface area (Å²) < 4.78 is 40.0. The molecule has 2 aromatic carbocycles. The maximum absolute atomic E-state index is 12.9. The SMILES string of the molecule is O=S(=O)(Nc1nnc(Cc2ccc(F)cc2)s1)c1ccc(Cl)cc1Cl. The van der Waals surface area contributed by atoms with Crippen LogP contribution in [0.15, 0.2) is 47.4 Å².